The number of nitrogens with zero attached hydrogens (tertiary/aromatic N) is 3. The Labute approximate surface area is 86.9 Å². The fourth-order valence-corrected chi connectivity index (χ4v) is 1.38. The fourth-order valence-electron chi connectivity index (χ4n) is 1.38. The van der Waals surface area contributed by atoms with Gasteiger partial charge in [0.1, 0.15) is 5.52 Å². The number of aromatic amines is 1. The molecule has 1 heterocycles. The van der Waals surface area contributed by atoms with Gasteiger partial charge >= 0.3 is 5.52 Å². The van der Waals surface area contributed by atoms with Crippen molar-refractivity contribution in [3.63, 3.8) is 0 Å². The Hall–Kier alpha value is -1.91. The molecular weight excluding hydrogens is 192 g/mol. The molecule has 0 saturated heterocycles. The molecule has 0 spiro atoms. The molecule has 78 valence electrons. The van der Waals surface area contributed by atoms with Crippen molar-refractivity contribution < 1.29 is 4.54 Å². The van der Waals surface area contributed by atoms with Crippen LogP contribution in [0.2, 0.25) is 0 Å². The van der Waals surface area contributed by atoms with Gasteiger partial charge in [0.25, 0.3) is 5.95 Å². The van der Waals surface area contributed by atoms with E-state index >= 15 is 0 Å². The maximum Gasteiger partial charge on any atom is 0.318 e. The van der Waals surface area contributed by atoms with Gasteiger partial charge < -0.3 is 4.90 Å². The first-order valence-corrected chi connectivity index (χ1v) is 4.68. The van der Waals surface area contributed by atoms with Gasteiger partial charge in [-0.05, 0) is 18.6 Å². The lowest BCUT2D eigenvalue weighted by molar-refractivity contribution is -0.535. The summed E-state index contributed by atoms with van der Waals surface area (Å²) in [5.74, 6) is 0.543. The third-order valence-electron chi connectivity index (χ3n) is 2.20. The molecule has 0 fully saturated rings. The van der Waals surface area contributed by atoms with Crippen molar-refractivity contribution in [2.24, 2.45) is 0 Å². The molecule has 5 nitrogen and oxygen atoms in total. The molecule has 0 unspecified atom stereocenters. The standard InChI is InChI=1S/C10H13N4O/c1-7-4-5-8-9(6-7)14(15)12-10(11-8)13(2)3/h4-6H,1-3H3,(H,11,12,15)/q+1. The van der Waals surface area contributed by atoms with E-state index in [-0.39, 0.29) is 0 Å². The highest BCUT2D eigenvalue weighted by molar-refractivity contribution is 5.72. The number of aromatic nitrogens is 3. The summed E-state index contributed by atoms with van der Waals surface area (Å²) < 4.78 is 0.741. The molecule has 1 N–H and O–H groups in total. The predicted octanol–water partition coefficient (Wildman–Crippen LogP) is 0.852. The number of benzene rings is 1. The number of aryl methyl sites for hydroxylation is 1. The number of anilines is 1. The van der Waals surface area contributed by atoms with Crippen molar-refractivity contribution in [2.75, 3.05) is 19.0 Å². The summed E-state index contributed by atoms with van der Waals surface area (Å²) >= 11 is 0. The average molecular weight is 205 g/mol. The van der Waals surface area contributed by atoms with Crippen LogP contribution in [0, 0.1) is 11.8 Å². The average Bonchev–Trinajstić information content (AvgIpc) is 2.18. The number of hydrogen-bond donors (Lipinski definition) is 1. The minimum Gasteiger partial charge on any atom is -0.344 e. The molecule has 5 heteroatoms. The van der Waals surface area contributed by atoms with Crippen LogP contribution >= 0.6 is 0 Å². The second-order valence-corrected chi connectivity index (χ2v) is 3.73. The van der Waals surface area contributed by atoms with E-state index in [1.807, 2.05) is 39.2 Å². The van der Waals surface area contributed by atoms with Crippen molar-refractivity contribution in [2.45, 2.75) is 6.92 Å². The summed E-state index contributed by atoms with van der Waals surface area (Å²) in [6.45, 7) is 1.94. The molecule has 0 atom stereocenters. The van der Waals surface area contributed by atoms with Crippen molar-refractivity contribution >= 4 is 17.0 Å². The Morgan fingerprint density at radius 2 is 2.13 bits per heavy atom. The Kier molecular flexibility index (Phi) is 2.15. The van der Waals surface area contributed by atoms with Crippen LogP contribution in [0.3, 0.4) is 0 Å². The predicted molar refractivity (Wildman–Crippen MR) is 58.5 cm³/mol. The van der Waals surface area contributed by atoms with Crippen LogP contribution in [0.1, 0.15) is 5.56 Å². The summed E-state index contributed by atoms with van der Waals surface area (Å²) in [5, 5.41) is 2.65. The summed E-state index contributed by atoms with van der Waals surface area (Å²) in [5.41, 5.74) is 2.29. The molecule has 2 rings (SSSR count). The highest BCUT2D eigenvalue weighted by Crippen LogP contribution is 2.10. The third kappa shape index (κ3) is 1.68. The number of rotatable bonds is 1. The van der Waals surface area contributed by atoms with Crippen LogP contribution in [0.15, 0.2) is 18.2 Å². The van der Waals surface area contributed by atoms with Crippen LogP contribution < -0.4 is 9.44 Å². The highest BCUT2D eigenvalue weighted by Gasteiger charge is 2.11. The van der Waals surface area contributed by atoms with Gasteiger partial charge in [-0.3, -0.25) is 0 Å². The van der Waals surface area contributed by atoms with Crippen LogP contribution in [-0.2, 0) is 0 Å². The van der Waals surface area contributed by atoms with E-state index in [2.05, 4.69) is 10.1 Å². The zero-order valence-corrected chi connectivity index (χ0v) is 8.98. The maximum atomic E-state index is 11.7. The highest BCUT2D eigenvalue weighted by atomic mass is 16.3. The van der Waals surface area contributed by atoms with Gasteiger partial charge in [0.15, 0.2) is 4.54 Å². The van der Waals surface area contributed by atoms with Gasteiger partial charge in [0, 0.05) is 20.2 Å². The van der Waals surface area contributed by atoms with Gasteiger partial charge in [-0.15, -0.1) is 0 Å². The van der Waals surface area contributed by atoms with Gasteiger partial charge in [-0.1, -0.05) is 11.2 Å². The van der Waals surface area contributed by atoms with E-state index in [1.54, 1.807) is 4.90 Å². The monoisotopic (exact) mass is 205 g/mol. The first-order chi connectivity index (χ1) is 7.08. The molecule has 2 aromatic rings. The second-order valence-electron chi connectivity index (χ2n) is 3.73. The minimum atomic E-state index is 0.543. The van der Waals surface area contributed by atoms with E-state index in [1.165, 1.54) is 0 Å². The summed E-state index contributed by atoms with van der Waals surface area (Å²) in [7, 11) is 3.66. The number of nitrogens with one attached hydrogen (secondary N) is 1. The van der Waals surface area contributed by atoms with Crippen molar-refractivity contribution in [3.05, 3.63) is 28.7 Å². The molecule has 0 radical (unpaired) electrons. The maximum absolute atomic E-state index is 11.7. The Morgan fingerprint density at radius 3 is 2.80 bits per heavy atom. The number of hydrogen-bond acceptors (Lipinski definition) is 3. The largest absolute Gasteiger partial charge is 0.344 e. The van der Waals surface area contributed by atoms with Gasteiger partial charge in [0.05, 0.1) is 4.91 Å². The van der Waals surface area contributed by atoms with E-state index in [0.717, 1.165) is 10.1 Å². The molecule has 0 amide bonds. The molecule has 0 aliphatic carbocycles. The fraction of sp³-hybridized carbons (Fsp3) is 0.300. The lowest BCUT2D eigenvalue weighted by Crippen LogP contribution is -2.26. The molecular formula is C10H13N4O+. The van der Waals surface area contributed by atoms with Crippen molar-refractivity contribution in [1.82, 2.24) is 10.1 Å². The summed E-state index contributed by atoms with van der Waals surface area (Å²) in [4.78, 5) is 17.7. The smallest absolute Gasteiger partial charge is 0.318 e. The topological polar surface area (TPSA) is 54.9 Å². The molecule has 15 heavy (non-hydrogen) atoms. The Bertz CT molecular complexity index is 559. The zero-order valence-electron chi connectivity index (χ0n) is 8.98. The van der Waals surface area contributed by atoms with Gasteiger partial charge in [0.2, 0.25) is 0 Å². The SMILES string of the molecule is Cc1ccc2nc(N(C)C)[nH][n+](=O)c2c1. The summed E-state index contributed by atoms with van der Waals surface area (Å²) in [6, 6.07) is 5.60. The van der Waals surface area contributed by atoms with Crippen LogP contribution in [0.25, 0.3) is 11.0 Å². The minimum absolute atomic E-state index is 0.543. The molecule has 0 aliphatic rings. The number of fused-ring (bicyclic) bond motifs is 1. The van der Waals surface area contributed by atoms with E-state index in [4.69, 9.17) is 0 Å². The van der Waals surface area contributed by atoms with Gasteiger partial charge in [-0.25, -0.2) is 4.98 Å². The summed E-state index contributed by atoms with van der Waals surface area (Å²) in [6.07, 6.45) is 0. The zero-order chi connectivity index (χ0) is 11.0. The van der Waals surface area contributed by atoms with Crippen molar-refractivity contribution in [3.8, 4) is 0 Å². The number of H-pyrrole nitrogens is 1. The molecule has 1 aromatic carbocycles. The van der Waals surface area contributed by atoms with Gasteiger partial charge in [-0.2, -0.15) is 0 Å². The Morgan fingerprint density at radius 1 is 1.40 bits per heavy atom. The van der Waals surface area contributed by atoms with E-state index < -0.39 is 0 Å². The van der Waals surface area contributed by atoms with Crippen molar-refractivity contribution in [1.29, 1.82) is 0 Å². The lowest BCUT2D eigenvalue weighted by atomic mass is 10.2. The van der Waals surface area contributed by atoms with Crippen LogP contribution in [-0.4, -0.2) is 24.2 Å². The normalized spacial score (nSPS) is 10.6. The van der Waals surface area contributed by atoms with E-state index in [9.17, 15) is 4.91 Å². The lowest BCUT2D eigenvalue weighted by Gasteiger charge is -2.06. The molecule has 1 aromatic heterocycles. The molecule has 0 aliphatic heterocycles. The molecule has 0 bridgehead atoms. The molecule has 0 saturated carbocycles. The first kappa shape index (κ1) is 9.64. The van der Waals surface area contributed by atoms with E-state index in [0.29, 0.717) is 17.0 Å². The van der Waals surface area contributed by atoms with Crippen LogP contribution in [0.5, 0.6) is 0 Å². The first-order valence-electron chi connectivity index (χ1n) is 4.68. The van der Waals surface area contributed by atoms with Crippen LogP contribution in [0.4, 0.5) is 5.95 Å². The third-order valence-corrected chi connectivity index (χ3v) is 2.20. The quantitative estimate of drug-likeness (QED) is 0.702. The second kappa shape index (κ2) is 3.34. The Balaban J connectivity index is 2.79.